The van der Waals surface area contributed by atoms with Crippen molar-refractivity contribution >= 4 is 57.8 Å². The van der Waals surface area contributed by atoms with Crippen molar-refractivity contribution in [3.05, 3.63) is 92.6 Å². The van der Waals surface area contributed by atoms with E-state index in [0.717, 1.165) is 5.56 Å². The van der Waals surface area contributed by atoms with Crippen molar-refractivity contribution in [2.75, 3.05) is 7.11 Å². The van der Waals surface area contributed by atoms with E-state index in [4.69, 9.17) is 32.7 Å². The molecule has 33 heavy (non-hydrogen) atoms. The number of thioether (sulfide) groups is 1. The molecule has 0 unspecified atom stereocenters. The van der Waals surface area contributed by atoms with E-state index in [1.165, 1.54) is 24.9 Å². The average Bonchev–Trinajstić information content (AvgIpc) is 3.15. The number of nitrogens with one attached hydrogen (secondary N) is 1. The molecule has 4 rings (SSSR count). The van der Waals surface area contributed by atoms with Crippen molar-refractivity contribution < 1.29 is 18.7 Å². The van der Waals surface area contributed by atoms with E-state index in [0.29, 0.717) is 42.9 Å². The van der Waals surface area contributed by atoms with Gasteiger partial charge < -0.3 is 14.8 Å². The zero-order chi connectivity index (χ0) is 23.4. The molecule has 1 heterocycles. The number of rotatable bonds is 6. The van der Waals surface area contributed by atoms with Crippen LogP contribution in [0.3, 0.4) is 0 Å². The maximum absolute atomic E-state index is 13.8. The van der Waals surface area contributed by atoms with Crippen molar-refractivity contribution in [3.8, 4) is 11.5 Å². The monoisotopic (exact) mass is 502 g/mol. The lowest BCUT2D eigenvalue weighted by atomic mass is 10.2. The molecule has 3 aromatic rings. The molecule has 9 heteroatoms. The Morgan fingerprint density at radius 3 is 2.70 bits per heavy atom. The normalized spacial score (nSPS) is 15.7. The summed E-state index contributed by atoms with van der Waals surface area (Å²) in [5.74, 6) is 0.308. The SMILES string of the molecule is COc1cc(/C=C2\SC(=Nc3cccc(Cl)c3Cl)NC2=O)ccc1OCc1ccccc1F. The maximum atomic E-state index is 13.8. The molecule has 1 aliphatic rings. The second-order valence-electron chi connectivity index (χ2n) is 6.85. The van der Waals surface area contributed by atoms with Gasteiger partial charge in [-0.1, -0.05) is 53.5 Å². The van der Waals surface area contributed by atoms with E-state index in [2.05, 4.69) is 10.3 Å². The number of amidine groups is 1. The number of hydrogen-bond donors (Lipinski definition) is 1. The number of aliphatic imine (C=N–C) groups is 1. The molecular formula is C24H17Cl2FN2O3S. The zero-order valence-electron chi connectivity index (χ0n) is 17.3. The van der Waals surface area contributed by atoms with Gasteiger partial charge in [-0.3, -0.25) is 4.79 Å². The molecule has 1 saturated heterocycles. The largest absolute Gasteiger partial charge is 0.493 e. The van der Waals surface area contributed by atoms with Crippen LogP contribution in [0.1, 0.15) is 11.1 Å². The second-order valence-corrected chi connectivity index (χ2v) is 8.66. The number of benzene rings is 3. The summed E-state index contributed by atoms with van der Waals surface area (Å²) in [6, 6.07) is 16.7. The van der Waals surface area contributed by atoms with Gasteiger partial charge in [-0.2, -0.15) is 0 Å². The first-order valence-electron chi connectivity index (χ1n) is 9.72. The Hall–Kier alpha value is -3.00. The van der Waals surface area contributed by atoms with Crippen LogP contribution in [0.5, 0.6) is 11.5 Å². The smallest absolute Gasteiger partial charge is 0.264 e. The highest BCUT2D eigenvalue weighted by molar-refractivity contribution is 8.18. The second kappa shape index (κ2) is 10.3. The molecule has 0 spiro atoms. The highest BCUT2D eigenvalue weighted by Gasteiger charge is 2.24. The number of hydrogen-bond acceptors (Lipinski definition) is 5. The molecule has 5 nitrogen and oxygen atoms in total. The van der Waals surface area contributed by atoms with Crippen LogP contribution >= 0.6 is 35.0 Å². The van der Waals surface area contributed by atoms with E-state index in [1.807, 2.05) is 0 Å². The molecule has 1 fully saturated rings. The lowest BCUT2D eigenvalue weighted by Crippen LogP contribution is -2.19. The molecule has 0 radical (unpaired) electrons. The summed E-state index contributed by atoms with van der Waals surface area (Å²) in [5.41, 5.74) is 1.63. The number of halogens is 3. The maximum Gasteiger partial charge on any atom is 0.264 e. The lowest BCUT2D eigenvalue weighted by molar-refractivity contribution is -0.115. The third-order valence-corrected chi connectivity index (χ3v) is 6.35. The predicted octanol–water partition coefficient (Wildman–Crippen LogP) is 6.61. The fourth-order valence-corrected chi connectivity index (χ4v) is 4.16. The van der Waals surface area contributed by atoms with Crippen LogP contribution in [0.25, 0.3) is 6.08 Å². The van der Waals surface area contributed by atoms with Crippen LogP contribution < -0.4 is 14.8 Å². The Kier molecular flexibility index (Phi) is 7.23. The molecule has 0 aliphatic carbocycles. The van der Waals surface area contributed by atoms with E-state index in [1.54, 1.807) is 60.7 Å². The first-order valence-corrected chi connectivity index (χ1v) is 11.3. The van der Waals surface area contributed by atoms with Gasteiger partial charge in [0.1, 0.15) is 12.4 Å². The first-order chi connectivity index (χ1) is 15.9. The summed E-state index contributed by atoms with van der Waals surface area (Å²) in [6.45, 7) is 0.0631. The molecule has 1 N–H and O–H groups in total. The van der Waals surface area contributed by atoms with Crippen molar-refractivity contribution in [2.45, 2.75) is 6.61 Å². The molecule has 0 bridgehead atoms. The molecule has 168 valence electrons. The number of amides is 1. The van der Waals surface area contributed by atoms with Gasteiger partial charge in [0.05, 0.1) is 27.7 Å². The third kappa shape index (κ3) is 5.50. The number of nitrogens with zero attached hydrogens (tertiary/aromatic N) is 1. The zero-order valence-corrected chi connectivity index (χ0v) is 19.6. The van der Waals surface area contributed by atoms with Gasteiger partial charge in [-0.05, 0) is 53.7 Å². The van der Waals surface area contributed by atoms with Crippen molar-refractivity contribution in [2.24, 2.45) is 4.99 Å². The predicted molar refractivity (Wildman–Crippen MR) is 131 cm³/mol. The van der Waals surface area contributed by atoms with Crippen LogP contribution in [0.2, 0.25) is 10.0 Å². The number of carbonyl (C=O) groups excluding carboxylic acids is 1. The van der Waals surface area contributed by atoms with Gasteiger partial charge in [0, 0.05) is 5.56 Å². The van der Waals surface area contributed by atoms with Crippen molar-refractivity contribution in [1.82, 2.24) is 5.32 Å². The van der Waals surface area contributed by atoms with Gasteiger partial charge in [0.25, 0.3) is 5.91 Å². The van der Waals surface area contributed by atoms with Gasteiger partial charge in [0.2, 0.25) is 0 Å². The highest BCUT2D eigenvalue weighted by Crippen LogP contribution is 2.35. The van der Waals surface area contributed by atoms with Crippen LogP contribution in [0.4, 0.5) is 10.1 Å². The molecule has 3 aromatic carbocycles. The molecule has 1 aliphatic heterocycles. The Bertz CT molecular complexity index is 1280. The number of carbonyl (C=O) groups is 1. The summed E-state index contributed by atoms with van der Waals surface area (Å²) in [6.07, 6.45) is 1.71. The topological polar surface area (TPSA) is 59.9 Å². The standard InChI is InChI=1S/C24H17Cl2FN2O3S/c1-31-20-11-14(9-10-19(20)32-13-15-5-2-3-7-17(15)27)12-21-23(30)29-24(33-21)28-18-8-4-6-16(25)22(18)26/h2-12H,13H2,1H3,(H,28,29,30)/b21-12-. The van der Waals surface area contributed by atoms with Crippen molar-refractivity contribution in [3.63, 3.8) is 0 Å². The Labute approximate surface area is 204 Å². The summed E-state index contributed by atoms with van der Waals surface area (Å²) in [5, 5.41) is 3.81. The van der Waals surface area contributed by atoms with Gasteiger partial charge in [-0.15, -0.1) is 0 Å². The minimum Gasteiger partial charge on any atom is -0.493 e. The summed E-state index contributed by atoms with van der Waals surface area (Å²) < 4.78 is 25.0. The van der Waals surface area contributed by atoms with Gasteiger partial charge >= 0.3 is 0 Å². The average molecular weight is 503 g/mol. The highest BCUT2D eigenvalue weighted by atomic mass is 35.5. The minimum atomic E-state index is -0.335. The summed E-state index contributed by atoms with van der Waals surface area (Å²) in [7, 11) is 1.51. The molecule has 0 aromatic heterocycles. The third-order valence-electron chi connectivity index (χ3n) is 4.63. The Morgan fingerprint density at radius 1 is 1.09 bits per heavy atom. The summed E-state index contributed by atoms with van der Waals surface area (Å²) in [4.78, 5) is 17.2. The Morgan fingerprint density at radius 2 is 1.91 bits per heavy atom. The van der Waals surface area contributed by atoms with Crippen LogP contribution in [-0.4, -0.2) is 18.2 Å². The van der Waals surface area contributed by atoms with Crippen molar-refractivity contribution in [1.29, 1.82) is 0 Å². The molecule has 0 atom stereocenters. The van der Waals surface area contributed by atoms with E-state index >= 15 is 0 Å². The quantitative estimate of drug-likeness (QED) is 0.385. The van der Waals surface area contributed by atoms with Crippen LogP contribution in [0.15, 0.2) is 70.6 Å². The molecule has 0 saturated carbocycles. The first kappa shape index (κ1) is 23.2. The molecular weight excluding hydrogens is 486 g/mol. The summed E-state index contributed by atoms with van der Waals surface area (Å²) >= 11 is 13.4. The lowest BCUT2D eigenvalue weighted by Gasteiger charge is -2.12. The molecule has 1 amide bonds. The van der Waals surface area contributed by atoms with E-state index in [-0.39, 0.29) is 18.3 Å². The van der Waals surface area contributed by atoms with Gasteiger partial charge in [0.15, 0.2) is 16.7 Å². The minimum absolute atomic E-state index is 0.0631. The van der Waals surface area contributed by atoms with Gasteiger partial charge in [-0.25, -0.2) is 9.38 Å². The number of methoxy groups -OCH3 is 1. The number of ether oxygens (including phenoxy) is 2. The fraction of sp³-hybridized carbons (Fsp3) is 0.0833. The Balaban J connectivity index is 1.51. The van der Waals surface area contributed by atoms with E-state index in [9.17, 15) is 9.18 Å². The van der Waals surface area contributed by atoms with E-state index < -0.39 is 0 Å². The van der Waals surface area contributed by atoms with Crippen LogP contribution in [0, 0.1) is 5.82 Å². The van der Waals surface area contributed by atoms with Crippen LogP contribution in [-0.2, 0) is 11.4 Å². The fourth-order valence-electron chi connectivity index (χ4n) is 2.98.